The minimum Gasteiger partial charge on any atom is -0.369 e. The van der Waals surface area contributed by atoms with E-state index in [0.29, 0.717) is 11.0 Å². The van der Waals surface area contributed by atoms with Crippen molar-refractivity contribution in [1.29, 1.82) is 0 Å². The van der Waals surface area contributed by atoms with Crippen molar-refractivity contribution in [2.24, 2.45) is 7.05 Å². The molecule has 0 amide bonds. The molecule has 2 aromatic rings. The lowest BCUT2D eigenvalue weighted by Crippen LogP contribution is -2.10. The fourth-order valence-electron chi connectivity index (χ4n) is 1.49. The molecule has 2 rings (SSSR count). The van der Waals surface area contributed by atoms with Crippen LogP contribution in [0.2, 0.25) is 5.15 Å². The van der Waals surface area contributed by atoms with Crippen molar-refractivity contribution < 1.29 is 0 Å². The Hall–Kier alpha value is -1.82. The zero-order valence-electron chi connectivity index (χ0n) is 9.39. The van der Waals surface area contributed by atoms with Gasteiger partial charge in [-0.1, -0.05) is 11.6 Å². The van der Waals surface area contributed by atoms with E-state index in [1.165, 1.54) is 0 Å². The fourth-order valence-corrected chi connectivity index (χ4v) is 1.68. The first kappa shape index (κ1) is 11.7. The molecule has 0 aromatic carbocycles. The predicted octanol–water partition coefficient (Wildman–Crippen LogP) is 1.10. The highest BCUT2D eigenvalue weighted by atomic mass is 35.5. The lowest BCUT2D eigenvalue weighted by atomic mass is 10.3. The Balaban J connectivity index is 1.92. The van der Waals surface area contributed by atoms with Crippen LogP contribution < -0.4 is 11.1 Å². The van der Waals surface area contributed by atoms with Gasteiger partial charge in [0.25, 0.3) is 0 Å². The molecule has 90 valence electrons. The van der Waals surface area contributed by atoms with Crippen molar-refractivity contribution in [3.05, 3.63) is 29.2 Å². The van der Waals surface area contributed by atoms with E-state index in [0.717, 1.165) is 18.7 Å². The minimum atomic E-state index is 0.167. The van der Waals surface area contributed by atoms with Crippen LogP contribution in [0, 0.1) is 0 Å². The van der Waals surface area contributed by atoms with Crippen LogP contribution in [0.3, 0.4) is 0 Å². The molecule has 17 heavy (non-hydrogen) atoms. The second-order valence-electron chi connectivity index (χ2n) is 3.56. The van der Waals surface area contributed by atoms with Gasteiger partial charge in [0.05, 0.1) is 0 Å². The minimum absolute atomic E-state index is 0.167. The molecule has 6 nitrogen and oxygen atoms in total. The monoisotopic (exact) mass is 252 g/mol. The Morgan fingerprint density at radius 1 is 1.47 bits per heavy atom. The summed E-state index contributed by atoms with van der Waals surface area (Å²) in [4.78, 5) is 7.81. The number of aryl methyl sites for hydroxylation is 1. The number of hydrogen-bond acceptors (Lipinski definition) is 5. The summed E-state index contributed by atoms with van der Waals surface area (Å²) in [5, 5.41) is 7.56. The van der Waals surface area contributed by atoms with E-state index < -0.39 is 0 Å². The molecule has 2 heterocycles. The van der Waals surface area contributed by atoms with Gasteiger partial charge in [0.2, 0.25) is 5.95 Å². The maximum Gasteiger partial charge on any atom is 0.223 e. The van der Waals surface area contributed by atoms with Gasteiger partial charge in [-0.3, -0.25) is 4.68 Å². The van der Waals surface area contributed by atoms with Crippen molar-refractivity contribution in [2.45, 2.75) is 6.42 Å². The van der Waals surface area contributed by atoms with Crippen molar-refractivity contribution in [3.8, 4) is 0 Å². The molecular formula is C10H13ClN6. The van der Waals surface area contributed by atoms with E-state index in [-0.39, 0.29) is 5.95 Å². The van der Waals surface area contributed by atoms with Crippen LogP contribution in [0.25, 0.3) is 0 Å². The molecule has 0 saturated heterocycles. The van der Waals surface area contributed by atoms with Crippen molar-refractivity contribution in [3.63, 3.8) is 0 Å². The van der Waals surface area contributed by atoms with Crippen LogP contribution in [0.5, 0.6) is 0 Å². The summed E-state index contributed by atoms with van der Waals surface area (Å²) >= 11 is 5.77. The van der Waals surface area contributed by atoms with Crippen molar-refractivity contribution in [1.82, 2.24) is 19.7 Å². The Morgan fingerprint density at radius 2 is 2.29 bits per heavy atom. The summed E-state index contributed by atoms with van der Waals surface area (Å²) in [6.45, 7) is 0.728. The first-order chi connectivity index (χ1) is 8.15. The lowest BCUT2D eigenvalue weighted by Gasteiger charge is -2.06. The average Bonchev–Trinajstić information content (AvgIpc) is 2.63. The molecule has 3 N–H and O–H groups in total. The van der Waals surface area contributed by atoms with Crippen molar-refractivity contribution >= 4 is 23.4 Å². The number of anilines is 2. The van der Waals surface area contributed by atoms with Gasteiger partial charge < -0.3 is 11.1 Å². The SMILES string of the molecule is Cn1nccc1CCNc1cc(Cl)nc(N)n1. The van der Waals surface area contributed by atoms with E-state index in [1.807, 2.05) is 17.8 Å². The molecule has 0 bridgehead atoms. The second kappa shape index (κ2) is 5.01. The molecule has 2 aromatic heterocycles. The van der Waals surface area contributed by atoms with Crippen molar-refractivity contribution in [2.75, 3.05) is 17.6 Å². The van der Waals surface area contributed by atoms with E-state index in [2.05, 4.69) is 20.4 Å². The standard InChI is InChI=1S/C10H13ClN6/c1-17-7(3-5-14-17)2-4-13-9-6-8(11)15-10(12)16-9/h3,5-6H,2,4H2,1H3,(H3,12,13,15,16). The Morgan fingerprint density at radius 3 is 2.94 bits per heavy atom. The highest BCUT2D eigenvalue weighted by Gasteiger charge is 2.01. The molecule has 0 spiro atoms. The third-order valence-corrected chi connectivity index (χ3v) is 2.52. The number of nitrogens with two attached hydrogens (primary N) is 1. The molecule has 0 radical (unpaired) electrons. The number of halogens is 1. The number of rotatable bonds is 4. The first-order valence-electron chi connectivity index (χ1n) is 5.16. The molecule has 0 aliphatic heterocycles. The van der Waals surface area contributed by atoms with Gasteiger partial charge in [0.1, 0.15) is 11.0 Å². The van der Waals surface area contributed by atoms with Crippen LogP contribution in [-0.4, -0.2) is 26.3 Å². The zero-order valence-corrected chi connectivity index (χ0v) is 10.1. The Kier molecular flexibility index (Phi) is 3.43. The van der Waals surface area contributed by atoms with Gasteiger partial charge in [-0.05, 0) is 6.07 Å². The molecule has 0 aliphatic rings. The molecule has 0 aliphatic carbocycles. The Labute approximate surface area is 104 Å². The van der Waals surface area contributed by atoms with E-state index in [1.54, 1.807) is 12.3 Å². The van der Waals surface area contributed by atoms with E-state index >= 15 is 0 Å². The molecule has 0 atom stereocenters. The van der Waals surface area contributed by atoms with Crippen LogP contribution in [0.4, 0.5) is 11.8 Å². The number of hydrogen-bond donors (Lipinski definition) is 2. The van der Waals surface area contributed by atoms with Gasteiger partial charge in [0.15, 0.2) is 0 Å². The van der Waals surface area contributed by atoms with Crippen LogP contribution in [0.1, 0.15) is 5.69 Å². The van der Waals surface area contributed by atoms with Crippen LogP contribution in [0.15, 0.2) is 18.3 Å². The normalized spacial score (nSPS) is 10.5. The number of aromatic nitrogens is 4. The molecule has 0 saturated carbocycles. The first-order valence-corrected chi connectivity index (χ1v) is 5.54. The maximum atomic E-state index is 5.77. The van der Waals surface area contributed by atoms with Gasteiger partial charge in [-0.2, -0.15) is 10.1 Å². The lowest BCUT2D eigenvalue weighted by molar-refractivity contribution is 0.711. The maximum absolute atomic E-state index is 5.77. The topological polar surface area (TPSA) is 81.7 Å². The highest BCUT2D eigenvalue weighted by molar-refractivity contribution is 6.29. The van der Waals surface area contributed by atoms with Gasteiger partial charge in [0, 0.05) is 38.0 Å². The molecule has 0 unspecified atom stereocenters. The highest BCUT2D eigenvalue weighted by Crippen LogP contribution is 2.12. The molecule has 0 fully saturated rings. The summed E-state index contributed by atoms with van der Waals surface area (Å²) in [5.74, 6) is 0.796. The predicted molar refractivity (Wildman–Crippen MR) is 66.9 cm³/mol. The van der Waals surface area contributed by atoms with E-state index in [4.69, 9.17) is 17.3 Å². The zero-order chi connectivity index (χ0) is 12.3. The molecule has 7 heteroatoms. The van der Waals surface area contributed by atoms with Gasteiger partial charge in [-0.15, -0.1) is 0 Å². The third-order valence-electron chi connectivity index (χ3n) is 2.32. The van der Waals surface area contributed by atoms with E-state index in [9.17, 15) is 0 Å². The second-order valence-corrected chi connectivity index (χ2v) is 3.94. The van der Waals surface area contributed by atoms with Gasteiger partial charge >= 0.3 is 0 Å². The average molecular weight is 253 g/mol. The largest absolute Gasteiger partial charge is 0.369 e. The number of nitrogens with one attached hydrogen (secondary N) is 1. The number of nitrogens with zero attached hydrogens (tertiary/aromatic N) is 4. The fraction of sp³-hybridized carbons (Fsp3) is 0.300. The summed E-state index contributed by atoms with van der Waals surface area (Å²) < 4.78 is 1.84. The molecular weight excluding hydrogens is 240 g/mol. The summed E-state index contributed by atoms with van der Waals surface area (Å²) in [6, 6.07) is 3.62. The quantitative estimate of drug-likeness (QED) is 0.797. The Bertz CT molecular complexity index is 489. The van der Waals surface area contributed by atoms with Crippen LogP contribution >= 0.6 is 11.6 Å². The third kappa shape index (κ3) is 3.07. The summed E-state index contributed by atoms with van der Waals surface area (Å²) in [6.07, 6.45) is 2.62. The smallest absolute Gasteiger partial charge is 0.223 e. The van der Waals surface area contributed by atoms with Crippen LogP contribution in [-0.2, 0) is 13.5 Å². The number of nitrogen functional groups attached to an aromatic ring is 1. The van der Waals surface area contributed by atoms with Gasteiger partial charge in [-0.25, -0.2) is 4.98 Å². The summed E-state index contributed by atoms with van der Waals surface area (Å²) in [7, 11) is 1.91. The summed E-state index contributed by atoms with van der Waals surface area (Å²) in [5.41, 5.74) is 6.63.